The lowest BCUT2D eigenvalue weighted by molar-refractivity contribution is -0.117. The topological polar surface area (TPSA) is 133 Å². The number of aromatic nitrogens is 5. The van der Waals surface area contributed by atoms with Crippen molar-refractivity contribution in [1.29, 1.82) is 0 Å². The number of aryl methyl sites for hydroxylation is 2. The highest BCUT2D eigenvalue weighted by Crippen LogP contribution is 2.38. The Labute approximate surface area is 230 Å². The Bertz CT molecular complexity index is 1730. The van der Waals surface area contributed by atoms with Crippen molar-refractivity contribution >= 4 is 44.1 Å². The van der Waals surface area contributed by atoms with E-state index in [0.29, 0.717) is 40.5 Å². The molecule has 2 aliphatic rings. The van der Waals surface area contributed by atoms with Gasteiger partial charge in [-0.15, -0.1) is 0 Å². The summed E-state index contributed by atoms with van der Waals surface area (Å²) in [6, 6.07) is 6.69. The molecule has 13 heteroatoms. The number of imidazole rings is 2. The predicted molar refractivity (Wildman–Crippen MR) is 148 cm³/mol. The molecular weight excluding hydrogens is 537 g/mol. The fraction of sp³-hybridized carbons (Fsp3) is 0.407. The van der Waals surface area contributed by atoms with E-state index in [9.17, 15) is 17.6 Å². The number of nitrogens with one attached hydrogen (secondary N) is 2. The van der Waals surface area contributed by atoms with Crippen molar-refractivity contribution in [2.45, 2.75) is 49.9 Å². The molecule has 11 nitrogen and oxygen atoms in total. The Hall–Kier alpha value is -3.84. The van der Waals surface area contributed by atoms with Crippen LogP contribution >= 0.6 is 0 Å². The number of carbonyl (C=O) groups is 1. The molecule has 40 heavy (non-hydrogen) atoms. The Kier molecular flexibility index (Phi) is 6.57. The van der Waals surface area contributed by atoms with Crippen LogP contribution in [0.25, 0.3) is 22.4 Å². The number of hydrogen-bond donors (Lipinski definition) is 2. The Morgan fingerprint density at radius 2 is 1.98 bits per heavy atom. The SMILES string of the molecule is Cc1nc2c(Nc3ccc(-c4cncn4C)cc3S(C)(=O)=O)cc(NC(=O)[C@@H]3C[C@@H]3F)nc2n1C1CCCCO1. The summed E-state index contributed by atoms with van der Waals surface area (Å²) >= 11 is 0. The molecule has 0 radical (unpaired) electrons. The normalized spacial score (nSPS) is 20.9. The van der Waals surface area contributed by atoms with Crippen LogP contribution < -0.4 is 10.6 Å². The fourth-order valence-electron chi connectivity index (χ4n) is 5.13. The third kappa shape index (κ3) is 4.94. The molecule has 3 atom stereocenters. The molecule has 4 heterocycles. The molecule has 1 saturated carbocycles. The number of alkyl halides is 1. The predicted octanol–water partition coefficient (Wildman–Crippen LogP) is 4.28. The monoisotopic (exact) mass is 567 g/mol. The second-order valence-corrected chi connectivity index (χ2v) is 12.4. The molecule has 1 amide bonds. The zero-order valence-corrected chi connectivity index (χ0v) is 23.2. The third-order valence-electron chi connectivity index (χ3n) is 7.33. The number of amides is 1. The van der Waals surface area contributed by atoms with Crippen LogP contribution in [-0.4, -0.2) is 57.4 Å². The number of pyridine rings is 1. The van der Waals surface area contributed by atoms with Crippen LogP contribution in [0.1, 0.15) is 37.7 Å². The van der Waals surface area contributed by atoms with Gasteiger partial charge in [-0.3, -0.25) is 9.36 Å². The molecule has 1 saturated heterocycles. The third-order valence-corrected chi connectivity index (χ3v) is 8.47. The van der Waals surface area contributed by atoms with Crippen molar-refractivity contribution in [3.63, 3.8) is 0 Å². The van der Waals surface area contributed by atoms with Gasteiger partial charge in [0.25, 0.3) is 0 Å². The summed E-state index contributed by atoms with van der Waals surface area (Å²) in [4.78, 5) is 26.2. The summed E-state index contributed by atoms with van der Waals surface area (Å²) in [5, 5.41) is 5.97. The van der Waals surface area contributed by atoms with Crippen molar-refractivity contribution in [3.8, 4) is 11.3 Å². The van der Waals surface area contributed by atoms with Crippen molar-refractivity contribution in [3.05, 3.63) is 42.6 Å². The second-order valence-electron chi connectivity index (χ2n) is 10.4. The number of anilines is 3. The molecule has 3 aromatic heterocycles. The van der Waals surface area contributed by atoms with Crippen LogP contribution in [0.15, 0.2) is 41.7 Å². The minimum Gasteiger partial charge on any atom is -0.358 e. The first-order chi connectivity index (χ1) is 19.1. The van der Waals surface area contributed by atoms with Gasteiger partial charge in [-0.1, -0.05) is 6.07 Å². The largest absolute Gasteiger partial charge is 0.358 e. The van der Waals surface area contributed by atoms with Gasteiger partial charge >= 0.3 is 0 Å². The maximum Gasteiger partial charge on any atom is 0.231 e. The second kappa shape index (κ2) is 9.97. The number of hydrogen-bond acceptors (Lipinski definition) is 8. The number of fused-ring (bicyclic) bond motifs is 1. The van der Waals surface area contributed by atoms with E-state index in [0.717, 1.165) is 31.2 Å². The van der Waals surface area contributed by atoms with Gasteiger partial charge in [0.15, 0.2) is 15.5 Å². The Morgan fingerprint density at radius 1 is 1.18 bits per heavy atom. The minimum atomic E-state index is -3.66. The summed E-state index contributed by atoms with van der Waals surface area (Å²) in [5.41, 5.74) is 3.22. The number of carbonyl (C=O) groups excluding carboxylic acids is 1. The molecule has 2 fully saturated rings. The van der Waals surface area contributed by atoms with E-state index in [4.69, 9.17) is 9.72 Å². The van der Waals surface area contributed by atoms with E-state index in [1.165, 1.54) is 0 Å². The van der Waals surface area contributed by atoms with Crippen molar-refractivity contribution in [1.82, 2.24) is 24.1 Å². The lowest BCUT2D eigenvalue weighted by Crippen LogP contribution is -2.20. The van der Waals surface area contributed by atoms with Gasteiger partial charge in [-0.05, 0) is 44.7 Å². The van der Waals surface area contributed by atoms with Crippen molar-refractivity contribution in [2.75, 3.05) is 23.5 Å². The van der Waals surface area contributed by atoms with Crippen molar-refractivity contribution in [2.24, 2.45) is 13.0 Å². The van der Waals surface area contributed by atoms with Gasteiger partial charge in [0.1, 0.15) is 29.6 Å². The summed E-state index contributed by atoms with van der Waals surface area (Å²) in [6.45, 7) is 2.47. The molecule has 0 spiro atoms. The van der Waals surface area contributed by atoms with E-state index in [2.05, 4.69) is 20.6 Å². The Balaban J connectivity index is 1.46. The summed E-state index contributed by atoms with van der Waals surface area (Å²) in [7, 11) is -1.82. The van der Waals surface area contributed by atoms with E-state index in [-0.39, 0.29) is 23.4 Å². The molecule has 1 aliphatic heterocycles. The van der Waals surface area contributed by atoms with E-state index < -0.39 is 27.8 Å². The number of sulfone groups is 1. The first-order valence-corrected chi connectivity index (χ1v) is 15.0. The highest BCUT2D eigenvalue weighted by Gasteiger charge is 2.43. The van der Waals surface area contributed by atoms with E-state index in [1.807, 2.05) is 24.6 Å². The minimum absolute atomic E-state index is 0.0896. The summed E-state index contributed by atoms with van der Waals surface area (Å²) in [5.74, 6) is -0.261. The zero-order valence-electron chi connectivity index (χ0n) is 22.4. The van der Waals surface area contributed by atoms with E-state index >= 15 is 0 Å². The quantitative estimate of drug-likeness (QED) is 0.338. The number of benzene rings is 1. The lowest BCUT2D eigenvalue weighted by Gasteiger charge is -2.25. The highest BCUT2D eigenvalue weighted by molar-refractivity contribution is 7.90. The molecule has 6 rings (SSSR count). The standard InChI is InChI=1S/C27H30FN7O4S/c1-15-30-25-20(31-19-8-7-16(10-22(19)40(3,37)38)21-13-29-14-34(21)2)12-23(33-27(36)17-11-18(17)28)32-26(25)35(15)24-6-4-5-9-39-24/h7-8,10,12-14,17-18,24H,4-6,9,11H2,1-3H3,(H2,31,32,33,36)/t17-,18+,24?/m1/s1. The molecule has 4 aromatic rings. The maximum atomic E-state index is 13.6. The summed E-state index contributed by atoms with van der Waals surface area (Å²) in [6.07, 6.45) is 5.97. The van der Waals surface area contributed by atoms with Gasteiger partial charge in [0, 0.05) is 31.5 Å². The molecule has 0 bridgehead atoms. The number of halogens is 1. The maximum absolute atomic E-state index is 13.6. The van der Waals surface area contributed by atoms with Gasteiger partial charge in [0.2, 0.25) is 5.91 Å². The van der Waals surface area contributed by atoms with Crippen LogP contribution in [0, 0.1) is 12.8 Å². The highest BCUT2D eigenvalue weighted by atomic mass is 32.2. The first kappa shape index (κ1) is 26.4. The van der Waals surface area contributed by atoms with Gasteiger partial charge in [-0.25, -0.2) is 27.8 Å². The molecule has 1 unspecified atom stereocenters. The van der Waals surface area contributed by atoms with Crippen molar-refractivity contribution < 1.29 is 22.3 Å². The smallest absolute Gasteiger partial charge is 0.231 e. The van der Waals surface area contributed by atoms with Gasteiger partial charge < -0.3 is 19.9 Å². The molecule has 1 aromatic carbocycles. The molecular formula is C27H30FN7O4S. The van der Waals surface area contributed by atoms with E-state index in [1.54, 1.807) is 35.3 Å². The van der Waals surface area contributed by atoms with Gasteiger partial charge in [-0.2, -0.15) is 0 Å². The number of nitrogens with zero attached hydrogens (tertiary/aromatic N) is 5. The average Bonchev–Trinajstić information content (AvgIpc) is 3.33. The number of ether oxygens (including phenoxy) is 1. The van der Waals surface area contributed by atoms with Crippen LogP contribution in [0.4, 0.5) is 21.6 Å². The lowest BCUT2D eigenvalue weighted by atomic mass is 10.1. The van der Waals surface area contributed by atoms with Crippen LogP contribution in [0.2, 0.25) is 0 Å². The van der Waals surface area contributed by atoms with Crippen LogP contribution in [-0.2, 0) is 26.4 Å². The number of rotatable bonds is 7. The fourth-order valence-corrected chi connectivity index (χ4v) is 5.99. The Morgan fingerprint density at radius 3 is 2.62 bits per heavy atom. The van der Waals surface area contributed by atoms with Gasteiger partial charge in [0.05, 0.1) is 40.4 Å². The molecule has 1 aliphatic carbocycles. The average molecular weight is 568 g/mol. The molecule has 2 N–H and O–H groups in total. The summed E-state index contributed by atoms with van der Waals surface area (Å²) < 4.78 is 49.1. The first-order valence-electron chi connectivity index (χ1n) is 13.1. The van der Waals surface area contributed by atoms with Crippen LogP contribution in [0.5, 0.6) is 0 Å². The molecule has 210 valence electrons. The zero-order chi connectivity index (χ0) is 28.2. The van der Waals surface area contributed by atoms with Crippen LogP contribution in [0.3, 0.4) is 0 Å².